The summed E-state index contributed by atoms with van der Waals surface area (Å²) in [5.41, 5.74) is -0.262. The van der Waals surface area contributed by atoms with Crippen molar-refractivity contribution < 1.29 is 14.5 Å². The summed E-state index contributed by atoms with van der Waals surface area (Å²) < 4.78 is 0. The maximum atomic E-state index is 11.3. The number of Topliss-reactive ketones (excluding diaryl/α,β-unsaturated/α-hetero) is 1. The molecule has 0 N–H and O–H groups in total. The van der Waals surface area contributed by atoms with E-state index in [0.717, 1.165) is 17.3 Å². The third kappa shape index (κ3) is 1.72. The predicted octanol–water partition coefficient (Wildman–Crippen LogP) is -0.309. The molecule has 0 bridgehead atoms. The van der Waals surface area contributed by atoms with Gasteiger partial charge in [0.1, 0.15) is 12.4 Å². The number of anilines is 1. The number of aromatic nitrogens is 2. The third-order valence-electron chi connectivity index (χ3n) is 2.06. The Morgan fingerprint density at radius 1 is 1.31 bits per heavy atom. The van der Waals surface area contributed by atoms with Gasteiger partial charge in [-0.25, -0.2) is 9.97 Å². The quantitative estimate of drug-likeness (QED) is 0.386. The largest absolute Gasteiger partial charge is 0.305 e. The number of rotatable bonds is 2. The Hall–Kier alpha value is -2.38. The topological polar surface area (TPSA) is 106 Å². The van der Waals surface area contributed by atoms with Crippen LogP contribution in [0.3, 0.4) is 0 Å². The normalized spacial score (nSPS) is 15.6. The summed E-state index contributed by atoms with van der Waals surface area (Å²) in [5.74, 6) is -0.591. The number of ketones is 1. The highest BCUT2D eigenvalue weighted by atomic mass is 16.6. The van der Waals surface area contributed by atoms with Crippen molar-refractivity contribution in [2.45, 2.75) is 6.42 Å². The molecule has 8 heteroatoms. The summed E-state index contributed by atoms with van der Waals surface area (Å²) in [5, 5.41) is 10.3. The monoisotopic (exact) mass is 222 g/mol. The molecule has 1 aromatic rings. The van der Waals surface area contributed by atoms with E-state index >= 15 is 0 Å². The molecule has 1 aliphatic heterocycles. The zero-order chi connectivity index (χ0) is 11.7. The maximum absolute atomic E-state index is 11.3. The zero-order valence-corrected chi connectivity index (χ0v) is 7.99. The highest BCUT2D eigenvalue weighted by Crippen LogP contribution is 2.16. The van der Waals surface area contributed by atoms with Crippen molar-refractivity contribution in [1.29, 1.82) is 0 Å². The van der Waals surface area contributed by atoms with Crippen LogP contribution < -0.4 is 4.90 Å². The lowest BCUT2D eigenvalue weighted by Crippen LogP contribution is -2.26. The smallest absolute Gasteiger partial charge is 0.297 e. The fourth-order valence-electron chi connectivity index (χ4n) is 1.31. The third-order valence-corrected chi connectivity index (χ3v) is 2.06. The van der Waals surface area contributed by atoms with Crippen LogP contribution in [0.25, 0.3) is 0 Å². The van der Waals surface area contributed by atoms with Crippen molar-refractivity contribution >= 4 is 23.3 Å². The standard InChI is InChI=1S/C8H6N4O4/c13-6-1-7(14)11(4-6)8-9-2-5(3-10-8)12(15)16/h2-3H,1,4H2. The maximum Gasteiger partial charge on any atom is 0.305 e. The summed E-state index contributed by atoms with van der Waals surface area (Å²) in [6, 6.07) is 0. The molecular weight excluding hydrogens is 216 g/mol. The van der Waals surface area contributed by atoms with E-state index in [1.54, 1.807) is 0 Å². The molecule has 0 spiro atoms. The van der Waals surface area contributed by atoms with Gasteiger partial charge in [-0.15, -0.1) is 0 Å². The minimum atomic E-state index is -0.638. The van der Waals surface area contributed by atoms with E-state index in [1.807, 2.05) is 0 Å². The van der Waals surface area contributed by atoms with Crippen LogP contribution in [-0.4, -0.2) is 33.1 Å². The molecule has 8 nitrogen and oxygen atoms in total. The van der Waals surface area contributed by atoms with E-state index in [2.05, 4.69) is 9.97 Å². The van der Waals surface area contributed by atoms with Gasteiger partial charge in [-0.05, 0) is 0 Å². The molecule has 1 aromatic heterocycles. The van der Waals surface area contributed by atoms with E-state index < -0.39 is 4.92 Å². The number of carbonyl (C=O) groups excluding carboxylic acids is 2. The van der Waals surface area contributed by atoms with Crippen molar-refractivity contribution in [3.8, 4) is 0 Å². The molecule has 0 radical (unpaired) electrons. The second-order valence-corrected chi connectivity index (χ2v) is 3.19. The number of amides is 1. The van der Waals surface area contributed by atoms with Gasteiger partial charge in [-0.3, -0.25) is 24.6 Å². The number of nitro groups is 1. The Balaban J connectivity index is 2.25. The van der Waals surface area contributed by atoms with Gasteiger partial charge in [0.05, 0.1) is 17.9 Å². The molecule has 0 unspecified atom stereocenters. The van der Waals surface area contributed by atoms with E-state index in [0.29, 0.717) is 0 Å². The summed E-state index contributed by atoms with van der Waals surface area (Å²) in [7, 11) is 0. The van der Waals surface area contributed by atoms with Crippen molar-refractivity contribution in [2.75, 3.05) is 11.4 Å². The Morgan fingerprint density at radius 2 is 1.94 bits per heavy atom. The molecule has 1 amide bonds. The molecule has 0 saturated carbocycles. The van der Waals surface area contributed by atoms with Crippen molar-refractivity contribution in [3.05, 3.63) is 22.5 Å². The van der Waals surface area contributed by atoms with Crippen LogP contribution in [0.4, 0.5) is 11.6 Å². The first-order valence-electron chi connectivity index (χ1n) is 4.36. The molecule has 0 atom stereocenters. The fraction of sp³-hybridized carbons (Fsp3) is 0.250. The van der Waals surface area contributed by atoms with Crippen LogP contribution in [0.15, 0.2) is 12.4 Å². The van der Waals surface area contributed by atoms with Crippen molar-refractivity contribution in [2.24, 2.45) is 0 Å². The summed E-state index contributed by atoms with van der Waals surface area (Å²) in [4.78, 5) is 40.4. The van der Waals surface area contributed by atoms with Gasteiger partial charge in [0, 0.05) is 0 Å². The van der Waals surface area contributed by atoms with Gasteiger partial charge in [0.25, 0.3) is 0 Å². The Kier molecular flexibility index (Phi) is 2.31. The second-order valence-electron chi connectivity index (χ2n) is 3.19. The summed E-state index contributed by atoms with van der Waals surface area (Å²) in [6.07, 6.45) is 1.83. The van der Waals surface area contributed by atoms with E-state index in [4.69, 9.17) is 0 Å². The van der Waals surface area contributed by atoms with Crippen LogP contribution >= 0.6 is 0 Å². The SMILES string of the molecule is O=C1CC(=O)N(c2ncc([N+](=O)[O-])cn2)C1. The van der Waals surface area contributed by atoms with Crippen LogP contribution in [-0.2, 0) is 9.59 Å². The molecule has 1 fully saturated rings. The fourth-order valence-corrected chi connectivity index (χ4v) is 1.31. The minimum Gasteiger partial charge on any atom is -0.297 e. The molecule has 2 heterocycles. The van der Waals surface area contributed by atoms with E-state index in [-0.39, 0.29) is 36.3 Å². The molecule has 1 aliphatic rings. The number of nitrogens with zero attached hydrogens (tertiary/aromatic N) is 4. The van der Waals surface area contributed by atoms with E-state index in [1.165, 1.54) is 0 Å². The predicted molar refractivity (Wildman–Crippen MR) is 50.7 cm³/mol. The molecule has 82 valence electrons. The number of hydrogen-bond acceptors (Lipinski definition) is 6. The second kappa shape index (κ2) is 3.65. The zero-order valence-electron chi connectivity index (χ0n) is 7.99. The van der Waals surface area contributed by atoms with Gasteiger partial charge in [0.15, 0.2) is 5.78 Å². The molecule has 1 saturated heterocycles. The van der Waals surface area contributed by atoms with Gasteiger partial charge in [-0.1, -0.05) is 0 Å². The van der Waals surface area contributed by atoms with Gasteiger partial charge in [0.2, 0.25) is 11.9 Å². The van der Waals surface area contributed by atoms with Crippen LogP contribution in [0.2, 0.25) is 0 Å². The van der Waals surface area contributed by atoms with Crippen LogP contribution in [0, 0.1) is 10.1 Å². The number of carbonyl (C=O) groups is 2. The lowest BCUT2D eigenvalue weighted by molar-refractivity contribution is -0.385. The summed E-state index contributed by atoms with van der Waals surface area (Å²) >= 11 is 0. The molecule has 0 aliphatic carbocycles. The minimum absolute atomic E-state index is 0.0152. The van der Waals surface area contributed by atoms with E-state index in [9.17, 15) is 19.7 Å². The molecular formula is C8H6N4O4. The van der Waals surface area contributed by atoms with Crippen molar-refractivity contribution in [1.82, 2.24) is 9.97 Å². The Labute approximate surface area is 89.1 Å². The number of hydrogen-bond donors (Lipinski definition) is 0. The highest BCUT2D eigenvalue weighted by Gasteiger charge is 2.30. The molecule has 0 aromatic carbocycles. The molecule has 16 heavy (non-hydrogen) atoms. The Bertz CT molecular complexity index is 469. The van der Waals surface area contributed by atoms with Gasteiger partial charge >= 0.3 is 5.69 Å². The summed E-state index contributed by atoms with van der Waals surface area (Å²) in [6.45, 7) is -0.0728. The molecule has 2 rings (SSSR count). The first kappa shape index (κ1) is 10.1. The van der Waals surface area contributed by atoms with Gasteiger partial charge < -0.3 is 0 Å². The first-order chi connectivity index (χ1) is 7.58. The highest BCUT2D eigenvalue weighted by molar-refractivity contribution is 6.14. The first-order valence-corrected chi connectivity index (χ1v) is 4.36. The van der Waals surface area contributed by atoms with Crippen LogP contribution in [0.1, 0.15) is 6.42 Å². The van der Waals surface area contributed by atoms with Crippen molar-refractivity contribution in [3.63, 3.8) is 0 Å². The van der Waals surface area contributed by atoms with Gasteiger partial charge in [-0.2, -0.15) is 0 Å². The Morgan fingerprint density at radius 3 is 2.38 bits per heavy atom. The lowest BCUT2D eigenvalue weighted by Gasteiger charge is -2.10. The lowest BCUT2D eigenvalue weighted by atomic mass is 10.3. The average Bonchev–Trinajstić information content (AvgIpc) is 2.58. The average molecular weight is 222 g/mol. The van der Waals surface area contributed by atoms with Crippen LogP contribution in [0.5, 0.6) is 0 Å².